The quantitative estimate of drug-likeness (QED) is 0.683. The van der Waals surface area contributed by atoms with Gasteiger partial charge in [-0.25, -0.2) is 0 Å². The predicted molar refractivity (Wildman–Crippen MR) is 87.6 cm³/mol. The zero-order valence-electron chi connectivity index (χ0n) is 10.7. The molecule has 0 unspecified atom stereocenters. The summed E-state index contributed by atoms with van der Waals surface area (Å²) in [6.45, 7) is 0. The molecule has 0 saturated heterocycles. The summed E-state index contributed by atoms with van der Waals surface area (Å²) in [5, 5.41) is 18.6. The van der Waals surface area contributed by atoms with E-state index < -0.39 is 0 Å². The van der Waals surface area contributed by atoms with Crippen molar-refractivity contribution in [3.8, 4) is 12.1 Å². The molecule has 0 fully saturated rings. The molecule has 2 aromatic carbocycles. The first-order chi connectivity index (χ1) is 9.74. The van der Waals surface area contributed by atoms with Crippen LogP contribution >= 0.6 is 31.9 Å². The Morgan fingerprint density at radius 1 is 0.850 bits per heavy atom. The zero-order chi connectivity index (χ0) is 14.8. The van der Waals surface area contributed by atoms with Crippen molar-refractivity contribution in [2.75, 3.05) is 0 Å². The second-order valence-corrected chi connectivity index (χ2v) is 4.97. The largest absolute Gasteiger partial charge is 0.192 e. The summed E-state index contributed by atoms with van der Waals surface area (Å²) in [4.78, 5) is 0. The number of hydrogen-bond donors (Lipinski definition) is 0. The molecule has 0 aliphatic rings. The Kier molecular flexibility index (Phi) is 7.65. The van der Waals surface area contributed by atoms with Gasteiger partial charge in [0, 0.05) is 10.7 Å². The summed E-state index contributed by atoms with van der Waals surface area (Å²) in [6, 6.07) is 19.3. The van der Waals surface area contributed by atoms with Crippen LogP contribution in [0.4, 0.5) is 0 Å². The van der Waals surface area contributed by atoms with E-state index in [1.165, 1.54) is 0 Å². The number of nitriles is 2. The second kappa shape index (κ2) is 9.31. The van der Waals surface area contributed by atoms with Gasteiger partial charge in [-0.3, -0.25) is 0 Å². The molecule has 0 radical (unpaired) electrons. The van der Waals surface area contributed by atoms with Crippen LogP contribution in [0.1, 0.15) is 22.3 Å². The fraction of sp³-hybridized carbons (Fsp3) is 0.125. The van der Waals surface area contributed by atoms with Gasteiger partial charge >= 0.3 is 0 Å². The number of benzene rings is 2. The molecular weight excluding hydrogens is 380 g/mol. The van der Waals surface area contributed by atoms with Crippen molar-refractivity contribution < 1.29 is 0 Å². The van der Waals surface area contributed by atoms with Crippen LogP contribution in [0.15, 0.2) is 48.5 Å². The second-order valence-electron chi connectivity index (χ2n) is 3.85. The van der Waals surface area contributed by atoms with Crippen LogP contribution in [0.5, 0.6) is 0 Å². The summed E-state index contributed by atoms with van der Waals surface area (Å²) in [6.07, 6.45) is 0. The monoisotopic (exact) mass is 390 g/mol. The van der Waals surface area contributed by atoms with E-state index in [9.17, 15) is 0 Å². The van der Waals surface area contributed by atoms with Crippen molar-refractivity contribution in [1.82, 2.24) is 0 Å². The van der Waals surface area contributed by atoms with Crippen LogP contribution in [0.2, 0.25) is 0 Å². The molecule has 20 heavy (non-hydrogen) atoms. The first kappa shape index (κ1) is 16.4. The van der Waals surface area contributed by atoms with Crippen LogP contribution in [0.3, 0.4) is 0 Å². The maximum atomic E-state index is 8.58. The highest BCUT2D eigenvalue weighted by atomic mass is 79.9. The van der Waals surface area contributed by atoms with E-state index >= 15 is 0 Å². The summed E-state index contributed by atoms with van der Waals surface area (Å²) in [5.41, 5.74) is 3.65. The van der Waals surface area contributed by atoms with Crippen LogP contribution in [-0.2, 0) is 10.7 Å². The van der Waals surface area contributed by atoms with Crippen molar-refractivity contribution >= 4 is 31.9 Å². The topological polar surface area (TPSA) is 47.6 Å². The number of nitrogens with zero attached hydrogens (tertiary/aromatic N) is 2. The van der Waals surface area contributed by atoms with Crippen molar-refractivity contribution in [3.63, 3.8) is 0 Å². The van der Waals surface area contributed by atoms with Crippen molar-refractivity contribution in [2.45, 2.75) is 10.7 Å². The Labute approximate surface area is 135 Å². The van der Waals surface area contributed by atoms with E-state index in [-0.39, 0.29) is 0 Å². The van der Waals surface area contributed by atoms with E-state index in [4.69, 9.17) is 10.5 Å². The lowest BCUT2D eigenvalue weighted by molar-refractivity contribution is 1.37. The number of hydrogen-bond acceptors (Lipinski definition) is 2. The molecule has 2 aromatic rings. The number of rotatable bonds is 2. The normalized spacial score (nSPS) is 8.80. The summed E-state index contributed by atoms with van der Waals surface area (Å²) < 4.78 is 0. The summed E-state index contributed by atoms with van der Waals surface area (Å²) in [7, 11) is 0. The standard InChI is InChI=1S/2C8H6BrN/c9-5-7-2-1-3-8(4-7)6-10;9-5-7-3-1-2-4-8(7)6-10/h2*1-4H,5H2. The molecular formula is C16H12Br2N2. The first-order valence-corrected chi connectivity index (χ1v) is 8.08. The van der Waals surface area contributed by atoms with Crippen molar-refractivity contribution in [1.29, 1.82) is 10.5 Å². The van der Waals surface area contributed by atoms with E-state index in [0.717, 1.165) is 32.9 Å². The molecule has 0 aromatic heterocycles. The molecule has 0 N–H and O–H groups in total. The number of halogens is 2. The van der Waals surface area contributed by atoms with Gasteiger partial charge in [-0.1, -0.05) is 62.2 Å². The highest BCUT2D eigenvalue weighted by molar-refractivity contribution is 9.08. The van der Waals surface area contributed by atoms with Crippen LogP contribution in [-0.4, -0.2) is 0 Å². The van der Waals surface area contributed by atoms with E-state index in [2.05, 4.69) is 44.0 Å². The maximum Gasteiger partial charge on any atom is 0.0994 e. The Morgan fingerprint density at radius 3 is 2.15 bits per heavy atom. The minimum absolute atomic E-state index is 0.719. The lowest BCUT2D eigenvalue weighted by Gasteiger charge is -1.95. The molecule has 2 rings (SSSR count). The third kappa shape index (κ3) is 5.17. The van der Waals surface area contributed by atoms with Gasteiger partial charge in [0.2, 0.25) is 0 Å². The van der Waals surface area contributed by atoms with Gasteiger partial charge in [-0.2, -0.15) is 10.5 Å². The van der Waals surface area contributed by atoms with Crippen molar-refractivity contribution in [3.05, 3.63) is 70.8 Å². The van der Waals surface area contributed by atoms with Crippen molar-refractivity contribution in [2.24, 2.45) is 0 Å². The molecule has 0 spiro atoms. The SMILES string of the molecule is N#Cc1cccc(CBr)c1.N#Cc1ccccc1CBr. The average Bonchev–Trinajstić information content (AvgIpc) is 2.55. The van der Waals surface area contributed by atoms with Crippen LogP contribution in [0.25, 0.3) is 0 Å². The Balaban J connectivity index is 0.000000200. The van der Waals surface area contributed by atoms with E-state index in [1.54, 1.807) is 6.07 Å². The molecule has 0 aliphatic heterocycles. The lowest BCUT2D eigenvalue weighted by atomic mass is 10.1. The Hall–Kier alpha value is -1.62. The fourth-order valence-corrected chi connectivity index (χ4v) is 2.31. The molecule has 4 heteroatoms. The Morgan fingerprint density at radius 2 is 1.60 bits per heavy atom. The predicted octanol–water partition coefficient (Wildman–Crippen LogP) is 4.91. The smallest absolute Gasteiger partial charge is 0.0994 e. The molecule has 2 nitrogen and oxygen atoms in total. The minimum atomic E-state index is 0.719. The number of alkyl halides is 2. The lowest BCUT2D eigenvalue weighted by Crippen LogP contribution is -1.82. The summed E-state index contributed by atoms with van der Waals surface area (Å²) in [5.74, 6) is 0. The van der Waals surface area contributed by atoms with Gasteiger partial charge in [0.25, 0.3) is 0 Å². The van der Waals surface area contributed by atoms with Gasteiger partial charge in [-0.05, 0) is 29.3 Å². The maximum absolute atomic E-state index is 8.58. The van der Waals surface area contributed by atoms with Gasteiger partial charge in [-0.15, -0.1) is 0 Å². The van der Waals surface area contributed by atoms with Gasteiger partial charge in [0.1, 0.15) is 0 Å². The highest BCUT2D eigenvalue weighted by Crippen LogP contribution is 2.10. The van der Waals surface area contributed by atoms with Gasteiger partial charge in [0.15, 0.2) is 0 Å². The molecule has 0 heterocycles. The van der Waals surface area contributed by atoms with Gasteiger partial charge < -0.3 is 0 Å². The molecule has 100 valence electrons. The highest BCUT2D eigenvalue weighted by Gasteiger charge is 1.95. The zero-order valence-corrected chi connectivity index (χ0v) is 13.9. The Bertz CT molecular complexity index is 639. The minimum Gasteiger partial charge on any atom is -0.192 e. The average molecular weight is 392 g/mol. The van der Waals surface area contributed by atoms with Crippen LogP contribution < -0.4 is 0 Å². The fourth-order valence-electron chi connectivity index (χ4n) is 1.47. The molecule has 0 saturated carbocycles. The third-order valence-corrected chi connectivity index (χ3v) is 3.74. The first-order valence-electron chi connectivity index (χ1n) is 5.84. The van der Waals surface area contributed by atoms with Crippen LogP contribution in [0, 0.1) is 22.7 Å². The van der Waals surface area contributed by atoms with E-state index in [0.29, 0.717) is 0 Å². The molecule has 0 amide bonds. The van der Waals surface area contributed by atoms with E-state index in [1.807, 2.05) is 42.5 Å². The molecule has 0 bridgehead atoms. The van der Waals surface area contributed by atoms with Gasteiger partial charge in [0.05, 0.1) is 23.3 Å². The third-order valence-electron chi connectivity index (χ3n) is 2.49. The molecule has 0 aliphatic carbocycles. The molecule has 0 atom stereocenters. The summed E-state index contributed by atoms with van der Waals surface area (Å²) >= 11 is 6.61.